The molecule has 28 heavy (non-hydrogen) atoms. The van der Waals surface area contributed by atoms with E-state index >= 15 is 0 Å². The molecule has 1 aliphatic heterocycles. The predicted octanol–water partition coefficient (Wildman–Crippen LogP) is 2.44. The van der Waals surface area contributed by atoms with Gasteiger partial charge in [0.05, 0.1) is 7.11 Å². The summed E-state index contributed by atoms with van der Waals surface area (Å²) in [6.07, 6.45) is 5.50. The molecule has 2 aliphatic carbocycles. The van der Waals surface area contributed by atoms with Gasteiger partial charge in [-0.15, -0.1) is 0 Å². The summed E-state index contributed by atoms with van der Waals surface area (Å²) in [5.41, 5.74) is 0.334. The first kappa shape index (κ1) is 18.8. The molecule has 0 aromatic heterocycles. The van der Waals surface area contributed by atoms with E-state index in [1.807, 2.05) is 29.2 Å². The Morgan fingerprint density at radius 2 is 1.89 bits per heavy atom. The van der Waals surface area contributed by atoms with Crippen LogP contribution in [0.1, 0.15) is 50.5 Å². The third-order valence-electron chi connectivity index (χ3n) is 6.07. The highest BCUT2D eigenvalue weighted by molar-refractivity contribution is 6.07. The minimum atomic E-state index is -0.709. The van der Waals surface area contributed by atoms with Crippen LogP contribution >= 0.6 is 0 Å². The molecule has 4 amide bonds. The lowest BCUT2D eigenvalue weighted by molar-refractivity contribution is -0.134. The van der Waals surface area contributed by atoms with Crippen LogP contribution < -0.4 is 10.1 Å². The van der Waals surface area contributed by atoms with E-state index in [4.69, 9.17) is 4.74 Å². The quantitative estimate of drug-likeness (QED) is 0.731. The number of methoxy groups -OCH3 is 1. The highest BCUT2D eigenvalue weighted by Crippen LogP contribution is 2.35. The van der Waals surface area contributed by atoms with E-state index in [1.165, 1.54) is 4.90 Å². The molecule has 7 heteroatoms. The third-order valence-corrected chi connectivity index (χ3v) is 6.07. The Morgan fingerprint density at radius 1 is 1.21 bits per heavy atom. The van der Waals surface area contributed by atoms with Crippen molar-refractivity contribution in [2.75, 3.05) is 13.7 Å². The van der Waals surface area contributed by atoms with E-state index in [9.17, 15) is 14.4 Å². The fourth-order valence-electron chi connectivity index (χ4n) is 4.28. The van der Waals surface area contributed by atoms with Gasteiger partial charge in [-0.05, 0) is 43.4 Å². The van der Waals surface area contributed by atoms with E-state index in [0.717, 1.165) is 37.0 Å². The molecule has 7 nitrogen and oxygen atoms in total. The fourth-order valence-corrected chi connectivity index (χ4v) is 4.28. The zero-order chi connectivity index (χ0) is 19.7. The van der Waals surface area contributed by atoms with Gasteiger partial charge in [0.2, 0.25) is 5.91 Å². The first-order valence-corrected chi connectivity index (χ1v) is 10.1. The molecular weight excluding hydrogens is 358 g/mol. The zero-order valence-electron chi connectivity index (χ0n) is 16.3. The van der Waals surface area contributed by atoms with Gasteiger partial charge in [0, 0.05) is 25.6 Å². The standard InChI is InChI=1S/C21H27N3O4/c1-28-17-8-4-15(5-9-17)14-24(16-6-7-16)18(25)10-13-23-19(26)21(22-20(23)27)11-2-3-12-21/h4-5,8-9,16H,2-3,6-7,10-14H2,1H3,(H,22,27). The second-order valence-electron chi connectivity index (χ2n) is 8.03. The van der Waals surface area contributed by atoms with Crippen LogP contribution in [0.5, 0.6) is 5.75 Å². The molecule has 1 spiro atoms. The van der Waals surface area contributed by atoms with Crippen molar-refractivity contribution in [3.63, 3.8) is 0 Å². The topological polar surface area (TPSA) is 79.0 Å². The number of rotatable bonds is 7. The van der Waals surface area contributed by atoms with Crippen molar-refractivity contribution in [2.45, 2.75) is 63.1 Å². The normalized spacial score (nSPS) is 20.5. The van der Waals surface area contributed by atoms with E-state index in [0.29, 0.717) is 19.4 Å². The number of carbonyl (C=O) groups excluding carboxylic acids is 3. The lowest BCUT2D eigenvalue weighted by Crippen LogP contribution is -2.44. The van der Waals surface area contributed by atoms with Gasteiger partial charge in [-0.25, -0.2) is 4.79 Å². The molecule has 2 saturated carbocycles. The van der Waals surface area contributed by atoms with Gasteiger partial charge >= 0.3 is 6.03 Å². The molecule has 3 aliphatic rings. The number of nitrogens with one attached hydrogen (secondary N) is 1. The van der Waals surface area contributed by atoms with E-state index in [-0.39, 0.29) is 36.9 Å². The minimum Gasteiger partial charge on any atom is -0.497 e. The SMILES string of the molecule is COc1ccc(CN(C(=O)CCN2C(=O)NC3(CCCC3)C2=O)C2CC2)cc1. The average molecular weight is 385 g/mol. The lowest BCUT2D eigenvalue weighted by Gasteiger charge is -2.24. The highest BCUT2D eigenvalue weighted by atomic mass is 16.5. The number of ether oxygens (including phenoxy) is 1. The smallest absolute Gasteiger partial charge is 0.325 e. The molecule has 1 aromatic rings. The lowest BCUT2D eigenvalue weighted by atomic mass is 9.98. The van der Waals surface area contributed by atoms with Crippen LogP contribution in [0.25, 0.3) is 0 Å². The third kappa shape index (κ3) is 3.57. The molecule has 3 fully saturated rings. The van der Waals surface area contributed by atoms with Gasteiger partial charge in [-0.2, -0.15) is 0 Å². The number of urea groups is 1. The monoisotopic (exact) mass is 385 g/mol. The number of hydrogen-bond donors (Lipinski definition) is 1. The van der Waals surface area contributed by atoms with Crippen molar-refractivity contribution in [3.8, 4) is 5.75 Å². The second kappa shape index (κ2) is 7.45. The van der Waals surface area contributed by atoms with Gasteiger partial charge in [-0.1, -0.05) is 25.0 Å². The van der Waals surface area contributed by atoms with Gasteiger partial charge in [-0.3, -0.25) is 14.5 Å². The van der Waals surface area contributed by atoms with Crippen LogP contribution in [0.2, 0.25) is 0 Å². The van der Waals surface area contributed by atoms with Crippen LogP contribution in [0.4, 0.5) is 4.79 Å². The summed E-state index contributed by atoms with van der Waals surface area (Å²) in [6, 6.07) is 7.61. The van der Waals surface area contributed by atoms with Crippen LogP contribution in [0.3, 0.4) is 0 Å². The molecule has 1 aromatic carbocycles. The molecular formula is C21H27N3O4. The van der Waals surface area contributed by atoms with Crippen molar-refractivity contribution < 1.29 is 19.1 Å². The van der Waals surface area contributed by atoms with Crippen molar-refractivity contribution in [1.29, 1.82) is 0 Å². The Morgan fingerprint density at radius 3 is 2.50 bits per heavy atom. The van der Waals surface area contributed by atoms with Crippen molar-refractivity contribution in [2.24, 2.45) is 0 Å². The first-order chi connectivity index (χ1) is 13.5. The molecule has 150 valence electrons. The maximum atomic E-state index is 12.9. The molecule has 0 unspecified atom stereocenters. The molecule has 0 radical (unpaired) electrons. The number of imide groups is 1. The van der Waals surface area contributed by atoms with E-state index < -0.39 is 5.54 Å². The number of hydrogen-bond acceptors (Lipinski definition) is 4. The minimum absolute atomic E-state index is 0.00806. The Labute approximate surface area is 165 Å². The first-order valence-electron chi connectivity index (χ1n) is 10.1. The van der Waals surface area contributed by atoms with E-state index in [1.54, 1.807) is 7.11 Å². The van der Waals surface area contributed by atoms with Crippen molar-refractivity contribution in [3.05, 3.63) is 29.8 Å². The summed E-state index contributed by atoms with van der Waals surface area (Å²) in [5, 5.41) is 2.87. The summed E-state index contributed by atoms with van der Waals surface area (Å²) in [5.74, 6) is 0.620. The number of nitrogens with zero attached hydrogens (tertiary/aromatic N) is 2. The number of benzene rings is 1. The zero-order valence-corrected chi connectivity index (χ0v) is 16.3. The number of amides is 4. The fraction of sp³-hybridized carbons (Fsp3) is 0.571. The van der Waals surface area contributed by atoms with Crippen LogP contribution in [0, 0.1) is 0 Å². The van der Waals surface area contributed by atoms with Gasteiger partial charge in [0.15, 0.2) is 0 Å². The maximum Gasteiger partial charge on any atom is 0.325 e. The maximum absolute atomic E-state index is 12.9. The summed E-state index contributed by atoms with van der Waals surface area (Å²) in [4.78, 5) is 41.0. The van der Waals surface area contributed by atoms with Crippen LogP contribution in [-0.4, -0.2) is 52.9 Å². The van der Waals surface area contributed by atoms with Crippen molar-refractivity contribution in [1.82, 2.24) is 15.1 Å². The van der Waals surface area contributed by atoms with Crippen LogP contribution in [-0.2, 0) is 16.1 Å². The molecule has 1 heterocycles. The Bertz CT molecular complexity index is 766. The summed E-state index contributed by atoms with van der Waals surface area (Å²) >= 11 is 0. The van der Waals surface area contributed by atoms with E-state index in [2.05, 4.69) is 5.32 Å². The summed E-state index contributed by atoms with van der Waals surface area (Å²) < 4.78 is 5.18. The highest BCUT2D eigenvalue weighted by Gasteiger charge is 2.52. The van der Waals surface area contributed by atoms with Crippen molar-refractivity contribution >= 4 is 17.8 Å². The Hall–Kier alpha value is -2.57. The summed E-state index contributed by atoms with van der Waals surface area (Å²) in [6.45, 7) is 0.689. The molecule has 1 saturated heterocycles. The Kier molecular flexibility index (Phi) is 5.00. The van der Waals surface area contributed by atoms with Crippen LogP contribution in [0.15, 0.2) is 24.3 Å². The largest absolute Gasteiger partial charge is 0.497 e. The van der Waals surface area contributed by atoms with Gasteiger partial charge in [0.1, 0.15) is 11.3 Å². The molecule has 0 atom stereocenters. The molecule has 0 bridgehead atoms. The molecule has 4 rings (SSSR count). The van der Waals surface area contributed by atoms with Gasteiger partial charge < -0.3 is 15.0 Å². The number of carbonyl (C=O) groups is 3. The van der Waals surface area contributed by atoms with Gasteiger partial charge in [0.25, 0.3) is 5.91 Å². The Balaban J connectivity index is 1.37. The summed E-state index contributed by atoms with van der Waals surface area (Å²) in [7, 11) is 1.63. The second-order valence-corrected chi connectivity index (χ2v) is 8.03. The molecule has 1 N–H and O–H groups in total. The average Bonchev–Trinajstić information content (AvgIpc) is 3.38. The predicted molar refractivity (Wildman–Crippen MR) is 103 cm³/mol.